The van der Waals surface area contributed by atoms with Gasteiger partial charge in [0.05, 0.1) is 0 Å². The third-order valence-corrected chi connectivity index (χ3v) is 0. The molecule has 2 radical (unpaired) electrons. The molecule has 0 fully saturated rings. The fourth-order valence-electron chi connectivity index (χ4n) is 0. The van der Waals surface area contributed by atoms with E-state index in [1.54, 1.807) is 0 Å². The largest absolute Gasteiger partial charge is 0.0894 e. The van der Waals surface area contributed by atoms with Crippen LogP contribution in [0.25, 0.3) is 0 Å². The minimum absolute atomic E-state index is 0.139. The van der Waals surface area contributed by atoms with Crippen molar-refractivity contribution in [3.8, 4) is 0 Å². The van der Waals surface area contributed by atoms with Crippen LogP contribution >= 0.6 is 11.6 Å². The fraction of sp³-hybridized carbons (Fsp3) is 0. The Morgan fingerprint density at radius 3 is 2.00 bits per heavy atom. The Kier molecular flexibility index (Phi) is 1.37. The highest BCUT2D eigenvalue weighted by Gasteiger charge is 1.57. The first-order valence-corrected chi connectivity index (χ1v) is 1.21. The Hall–Kier alpha value is 0.0300. The van der Waals surface area contributed by atoms with Crippen LogP contribution in [0.2, 0.25) is 0 Å². The van der Waals surface area contributed by atoms with Crippen LogP contribution in [0.1, 0.15) is 0 Å². The van der Waals surface area contributed by atoms with E-state index >= 15 is 0 Å². The molecular formula is C3H3Cl. The summed E-state index contributed by atoms with van der Waals surface area (Å²) in [4.78, 5) is 0. The smallest absolute Gasteiger partial charge is 0.0153 e. The Balaban J connectivity index is 2.80. The molecule has 4 heavy (non-hydrogen) atoms. The summed E-state index contributed by atoms with van der Waals surface area (Å²) in [6.07, 6.45) is 0. The molecule has 0 aromatic rings. The lowest BCUT2D eigenvalue weighted by Crippen LogP contribution is -1.36. The summed E-state index contributed by atoms with van der Waals surface area (Å²) in [5.74, 6) is 0. The SMILES string of the molecule is [CH]C(=C)Cl. The first-order valence-electron chi connectivity index (χ1n) is 0.831. The molecule has 0 saturated heterocycles. The maximum atomic E-state index is 4.86. The molecule has 0 amide bonds. The topological polar surface area (TPSA) is 0 Å². The molecule has 0 N–H and O–H groups in total. The van der Waals surface area contributed by atoms with Gasteiger partial charge in [0.1, 0.15) is 0 Å². The van der Waals surface area contributed by atoms with Gasteiger partial charge < -0.3 is 0 Å². The first kappa shape index (κ1) is 4.03. The first-order chi connectivity index (χ1) is 1.73. The minimum Gasteiger partial charge on any atom is -0.0894 e. The van der Waals surface area contributed by atoms with Gasteiger partial charge in [0.15, 0.2) is 0 Å². The van der Waals surface area contributed by atoms with Crippen molar-refractivity contribution >= 4 is 11.6 Å². The molecule has 0 unspecified atom stereocenters. The van der Waals surface area contributed by atoms with Crippen molar-refractivity contribution in [1.29, 1.82) is 0 Å². The summed E-state index contributed by atoms with van der Waals surface area (Å²) in [6.45, 7) is 7.78. The van der Waals surface area contributed by atoms with E-state index in [0.717, 1.165) is 0 Å². The van der Waals surface area contributed by atoms with Crippen LogP contribution in [0.3, 0.4) is 0 Å². The highest BCUT2D eigenvalue weighted by Crippen LogP contribution is 1.86. The van der Waals surface area contributed by atoms with Crippen molar-refractivity contribution < 1.29 is 0 Å². The van der Waals surface area contributed by atoms with Crippen LogP contribution < -0.4 is 0 Å². The van der Waals surface area contributed by atoms with Gasteiger partial charge in [0.25, 0.3) is 0 Å². The number of allylic oxidation sites excluding steroid dienone is 1. The van der Waals surface area contributed by atoms with Crippen molar-refractivity contribution in [2.45, 2.75) is 0 Å². The monoisotopic (exact) mass is 74.0 g/mol. The van der Waals surface area contributed by atoms with Crippen molar-refractivity contribution in [3.63, 3.8) is 0 Å². The van der Waals surface area contributed by atoms with E-state index in [2.05, 4.69) is 13.5 Å². The number of hydrogen-bond acceptors (Lipinski definition) is 0. The van der Waals surface area contributed by atoms with Gasteiger partial charge >= 0.3 is 0 Å². The van der Waals surface area contributed by atoms with Crippen molar-refractivity contribution in [2.75, 3.05) is 0 Å². The summed E-state index contributed by atoms with van der Waals surface area (Å²) in [6, 6.07) is 0. The second-order valence-electron chi connectivity index (χ2n) is 0.447. The third kappa shape index (κ3) is 2390. The van der Waals surface area contributed by atoms with Gasteiger partial charge in [-0.3, -0.25) is 0 Å². The summed E-state index contributed by atoms with van der Waals surface area (Å²) in [5, 5.41) is 0.139. The second kappa shape index (κ2) is 1.36. The predicted octanol–water partition coefficient (Wildman–Crippen LogP) is 1.45. The molecule has 0 aromatic heterocycles. The number of rotatable bonds is 0. The van der Waals surface area contributed by atoms with Crippen LogP contribution in [-0.4, -0.2) is 0 Å². The molecule has 0 atom stereocenters. The van der Waals surface area contributed by atoms with Gasteiger partial charge in [-0.05, 0) is 0 Å². The van der Waals surface area contributed by atoms with Gasteiger partial charge in [-0.1, -0.05) is 18.2 Å². The molecule has 0 aliphatic rings. The van der Waals surface area contributed by atoms with Crippen LogP contribution in [0.4, 0.5) is 0 Å². The van der Waals surface area contributed by atoms with E-state index in [0.29, 0.717) is 0 Å². The third-order valence-electron chi connectivity index (χ3n) is 0. The van der Waals surface area contributed by atoms with Gasteiger partial charge in [-0.25, -0.2) is 0 Å². The average Bonchev–Trinajstić information content (AvgIpc) is 0.811. The lowest BCUT2D eigenvalue weighted by molar-refractivity contribution is 2.06. The molecule has 22 valence electrons. The van der Waals surface area contributed by atoms with E-state index in [4.69, 9.17) is 11.6 Å². The highest BCUT2D eigenvalue weighted by molar-refractivity contribution is 6.29. The lowest BCUT2D eigenvalue weighted by atomic mass is 10.8. The summed E-state index contributed by atoms with van der Waals surface area (Å²) >= 11 is 4.86. The minimum atomic E-state index is 0.139. The average molecular weight is 74.5 g/mol. The standard InChI is InChI=1S/C3H3Cl/c1-3(2)4/h1H,2H2. The van der Waals surface area contributed by atoms with Gasteiger partial charge in [-0.2, -0.15) is 0 Å². The van der Waals surface area contributed by atoms with Gasteiger partial charge in [-0.15, -0.1) is 0 Å². The predicted molar refractivity (Wildman–Crippen MR) is 19.3 cm³/mol. The molecule has 0 aliphatic heterocycles. The zero-order valence-electron chi connectivity index (χ0n) is 2.16. The van der Waals surface area contributed by atoms with E-state index in [1.807, 2.05) is 0 Å². The molecule has 0 spiro atoms. The van der Waals surface area contributed by atoms with Crippen molar-refractivity contribution in [1.82, 2.24) is 0 Å². The maximum absolute atomic E-state index is 4.86. The van der Waals surface area contributed by atoms with Crippen LogP contribution in [-0.2, 0) is 0 Å². The summed E-state index contributed by atoms with van der Waals surface area (Å²) < 4.78 is 0. The number of hydrogen-bond donors (Lipinski definition) is 0. The molecule has 0 saturated carbocycles. The van der Waals surface area contributed by atoms with E-state index in [9.17, 15) is 0 Å². The Morgan fingerprint density at radius 1 is 2.00 bits per heavy atom. The zero-order chi connectivity index (χ0) is 3.58. The molecule has 0 nitrogen and oxygen atoms in total. The summed E-state index contributed by atoms with van der Waals surface area (Å²) in [7, 11) is 0. The zero-order valence-corrected chi connectivity index (χ0v) is 2.92. The van der Waals surface area contributed by atoms with Crippen molar-refractivity contribution in [2.24, 2.45) is 0 Å². The highest BCUT2D eigenvalue weighted by atomic mass is 35.5. The number of halogens is 1. The van der Waals surface area contributed by atoms with Crippen molar-refractivity contribution in [3.05, 3.63) is 18.5 Å². The van der Waals surface area contributed by atoms with Crippen LogP contribution in [0, 0.1) is 6.92 Å². The molecule has 0 bridgehead atoms. The van der Waals surface area contributed by atoms with E-state index in [1.165, 1.54) is 0 Å². The van der Waals surface area contributed by atoms with E-state index < -0.39 is 0 Å². The Bertz CT molecular complexity index is 26.3. The fourth-order valence-corrected chi connectivity index (χ4v) is 0. The Labute approximate surface area is 31.1 Å². The van der Waals surface area contributed by atoms with Crippen LogP contribution in [0.5, 0.6) is 0 Å². The molecule has 0 rings (SSSR count). The van der Waals surface area contributed by atoms with Gasteiger partial charge in [0, 0.05) is 12.0 Å². The van der Waals surface area contributed by atoms with Crippen LogP contribution in [0.15, 0.2) is 11.6 Å². The maximum Gasteiger partial charge on any atom is 0.0153 e. The molecular weight excluding hydrogens is 71.5 g/mol. The molecule has 0 aromatic carbocycles. The Morgan fingerprint density at radius 2 is 2.00 bits per heavy atom. The molecule has 0 heterocycles. The molecule has 1 heteroatoms. The molecule has 0 aliphatic carbocycles. The quantitative estimate of drug-likeness (QED) is 0.408. The summed E-state index contributed by atoms with van der Waals surface area (Å²) in [5.41, 5.74) is 0. The second-order valence-corrected chi connectivity index (χ2v) is 0.932. The van der Waals surface area contributed by atoms with E-state index in [-0.39, 0.29) is 5.03 Å². The normalized spacial score (nSPS) is 6.50. The lowest BCUT2D eigenvalue weighted by Gasteiger charge is -1.60. The van der Waals surface area contributed by atoms with Gasteiger partial charge in [0.2, 0.25) is 0 Å².